The van der Waals surface area contributed by atoms with E-state index < -0.39 is 60.6 Å². The first kappa shape index (κ1) is 25.0. The van der Waals surface area contributed by atoms with Crippen molar-refractivity contribution in [2.75, 3.05) is 6.61 Å². The molecule has 1 aromatic carbocycles. The lowest BCUT2D eigenvalue weighted by atomic mass is 10.0. The molecule has 0 saturated heterocycles. The molecule has 0 radical (unpaired) electrons. The third-order valence-corrected chi connectivity index (χ3v) is 4.19. The van der Waals surface area contributed by atoms with E-state index in [-0.39, 0.29) is 6.42 Å². The number of carbonyl (C=O) groups excluding carboxylic acids is 3. The Kier molecular flexibility index (Phi) is 9.89. The van der Waals surface area contributed by atoms with Crippen molar-refractivity contribution in [3.8, 4) is 0 Å². The van der Waals surface area contributed by atoms with Crippen LogP contribution in [0.3, 0.4) is 0 Å². The van der Waals surface area contributed by atoms with Crippen molar-refractivity contribution in [1.29, 1.82) is 0 Å². The van der Waals surface area contributed by atoms with Crippen LogP contribution in [0.2, 0.25) is 0 Å². The topological polar surface area (TPSA) is 191 Å². The first-order valence-corrected chi connectivity index (χ1v) is 9.29. The molecule has 8 N–H and O–H groups in total. The first-order valence-electron chi connectivity index (χ1n) is 9.29. The lowest BCUT2D eigenvalue weighted by Gasteiger charge is -2.26. The number of amides is 3. The number of nitrogens with two attached hydrogens (primary N) is 1. The van der Waals surface area contributed by atoms with Crippen molar-refractivity contribution in [3.63, 3.8) is 0 Å². The van der Waals surface area contributed by atoms with E-state index in [2.05, 4.69) is 10.6 Å². The molecule has 0 aromatic heterocycles. The lowest BCUT2D eigenvalue weighted by Crippen LogP contribution is -2.60. The van der Waals surface area contributed by atoms with Crippen LogP contribution in [0, 0.1) is 0 Å². The number of carboxylic acid groups (broad SMARTS) is 1. The van der Waals surface area contributed by atoms with Crippen LogP contribution in [0.15, 0.2) is 30.3 Å². The van der Waals surface area contributed by atoms with Crippen molar-refractivity contribution in [3.05, 3.63) is 35.9 Å². The average Bonchev–Trinajstić information content (AvgIpc) is 2.69. The van der Waals surface area contributed by atoms with Crippen LogP contribution in [0.5, 0.6) is 0 Å². The Morgan fingerprint density at radius 1 is 0.933 bits per heavy atom. The van der Waals surface area contributed by atoms with Crippen LogP contribution in [0.1, 0.15) is 19.4 Å². The number of benzene rings is 1. The number of hydrogen-bond donors (Lipinski definition) is 7. The highest BCUT2D eigenvalue weighted by Gasteiger charge is 2.32. The van der Waals surface area contributed by atoms with Gasteiger partial charge in [0.1, 0.15) is 18.1 Å². The van der Waals surface area contributed by atoms with Crippen molar-refractivity contribution < 1.29 is 34.5 Å². The van der Waals surface area contributed by atoms with Gasteiger partial charge in [-0.15, -0.1) is 0 Å². The van der Waals surface area contributed by atoms with Gasteiger partial charge in [0.05, 0.1) is 18.8 Å². The monoisotopic (exact) mass is 424 g/mol. The highest BCUT2D eigenvalue weighted by Crippen LogP contribution is 2.05. The summed E-state index contributed by atoms with van der Waals surface area (Å²) in [6, 6.07) is 3.68. The van der Waals surface area contributed by atoms with Gasteiger partial charge in [-0.25, -0.2) is 4.79 Å². The van der Waals surface area contributed by atoms with Crippen molar-refractivity contribution in [2.45, 2.75) is 50.5 Å². The molecule has 3 amide bonds. The molecule has 0 saturated carbocycles. The Morgan fingerprint density at radius 2 is 1.50 bits per heavy atom. The third kappa shape index (κ3) is 7.78. The molecule has 0 aliphatic rings. The fourth-order valence-corrected chi connectivity index (χ4v) is 2.47. The van der Waals surface area contributed by atoms with E-state index in [1.54, 1.807) is 30.3 Å². The van der Waals surface area contributed by atoms with Crippen molar-refractivity contribution in [1.82, 2.24) is 16.0 Å². The molecule has 11 heteroatoms. The van der Waals surface area contributed by atoms with Gasteiger partial charge in [0, 0.05) is 6.42 Å². The van der Waals surface area contributed by atoms with Gasteiger partial charge >= 0.3 is 5.97 Å². The second-order valence-corrected chi connectivity index (χ2v) is 6.85. The van der Waals surface area contributed by atoms with E-state index in [9.17, 15) is 24.3 Å². The zero-order chi connectivity index (χ0) is 22.8. The van der Waals surface area contributed by atoms with Crippen LogP contribution in [0.4, 0.5) is 0 Å². The highest BCUT2D eigenvalue weighted by molar-refractivity contribution is 5.94. The molecule has 11 nitrogen and oxygen atoms in total. The predicted molar refractivity (Wildman–Crippen MR) is 106 cm³/mol. The molecule has 5 unspecified atom stereocenters. The Hall–Kier alpha value is -3.02. The molecule has 0 fully saturated rings. The van der Waals surface area contributed by atoms with E-state index >= 15 is 0 Å². The van der Waals surface area contributed by atoms with E-state index in [4.69, 9.17) is 15.9 Å². The van der Waals surface area contributed by atoms with Gasteiger partial charge < -0.3 is 37.0 Å². The van der Waals surface area contributed by atoms with Gasteiger partial charge in [-0.05, 0) is 19.4 Å². The molecule has 0 aliphatic heterocycles. The van der Waals surface area contributed by atoms with Gasteiger partial charge in [-0.1, -0.05) is 30.3 Å². The maximum absolute atomic E-state index is 12.8. The van der Waals surface area contributed by atoms with Crippen LogP contribution in [0.25, 0.3) is 0 Å². The van der Waals surface area contributed by atoms with Gasteiger partial charge in [-0.2, -0.15) is 0 Å². The van der Waals surface area contributed by atoms with E-state index in [0.29, 0.717) is 0 Å². The molecular weight excluding hydrogens is 396 g/mol. The van der Waals surface area contributed by atoms with E-state index in [1.807, 2.05) is 5.32 Å². The summed E-state index contributed by atoms with van der Waals surface area (Å²) >= 11 is 0. The molecule has 1 aromatic rings. The molecule has 0 aliphatic carbocycles. The highest BCUT2D eigenvalue weighted by atomic mass is 16.4. The Morgan fingerprint density at radius 3 is 1.97 bits per heavy atom. The zero-order valence-electron chi connectivity index (χ0n) is 16.7. The zero-order valence-corrected chi connectivity index (χ0v) is 16.7. The number of aliphatic hydroxyl groups excluding tert-OH is 2. The maximum atomic E-state index is 12.8. The number of aliphatic carboxylic acids is 1. The number of rotatable bonds is 11. The minimum absolute atomic E-state index is 0.0909. The number of aliphatic hydroxyl groups is 2. The Balaban J connectivity index is 2.99. The SMILES string of the molecule is CC(N)C(=O)NC(Cc1ccccc1)C(=O)NC(C(=O)NC(CO)C(=O)O)C(C)O. The largest absolute Gasteiger partial charge is 0.480 e. The normalized spacial score (nSPS) is 15.8. The molecular formula is C19H28N4O7. The molecule has 0 heterocycles. The minimum atomic E-state index is -1.60. The molecule has 0 bridgehead atoms. The second-order valence-electron chi connectivity index (χ2n) is 6.85. The quantitative estimate of drug-likeness (QED) is 0.202. The second kappa shape index (κ2) is 11.9. The first-order chi connectivity index (χ1) is 14.1. The summed E-state index contributed by atoms with van der Waals surface area (Å²) in [6.45, 7) is 1.80. The summed E-state index contributed by atoms with van der Waals surface area (Å²) in [5, 5.41) is 34.7. The number of hydrogen-bond acceptors (Lipinski definition) is 7. The summed E-state index contributed by atoms with van der Waals surface area (Å²) in [5.74, 6) is -3.84. The van der Waals surface area contributed by atoms with Crippen LogP contribution >= 0.6 is 0 Å². The molecule has 166 valence electrons. The van der Waals surface area contributed by atoms with Crippen LogP contribution < -0.4 is 21.7 Å². The van der Waals surface area contributed by atoms with Gasteiger partial charge in [-0.3, -0.25) is 14.4 Å². The fraction of sp³-hybridized carbons (Fsp3) is 0.474. The Bertz CT molecular complexity index is 740. The smallest absolute Gasteiger partial charge is 0.328 e. The molecule has 1 rings (SSSR count). The maximum Gasteiger partial charge on any atom is 0.328 e. The standard InChI is InChI=1S/C19H28N4O7/c1-10(20)16(26)21-13(8-12-6-4-3-5-7-12)17(27)23-15(11(2)25)18(28)22-14(9-24)19(29)30/h3-7,10-11,13-15,24-25H,8-9,20H2,1-2H3,(H,21,26)(H,22,28)(H,23,27)(H,29,30). The van der Waals surface area contributed by atoms with Crippen molar-refractivity contribution >= 4 is 23.7 Å². The fourth-order valence-electron chi connectivity index (χ4n) is 2.47. The summed E-state index contributed by atoms with van der Waals surface area (Å²) in [7, 11) is 0. The predicted octanol–water partition coefficient (Wildman–Crippen LogP) is -2.51. The molecule has 0 spiro atoms. The Labute approximate surface area is 173 Å². The summed E-state index contributed by atoms with van der Waals surface area (Å²) in [4.78, 5) is 48.1. The number of carboxylic acids is 1. The lowest BCUT2D eigenvalue weighted by molar-refractivity contribution is -0.144. The molecule has 5 atom stereocenters. The average molecular weight is 424 g/mol. The van der Waals surface area contributed by atoms with Crippen molar-refractivity contribution in [2.24, 2.45) is 5.73 Å². The van der Waals surface area contributed by atoms with Crippen LogP contribution in [-0.4, -0.2) is 75.9 Å². The minimum Gasteiger partial charge on any atom is -0.480 e. The number of carbonyl (C=O) groups is 4. The van der Waals surface area contributed by atoms with Gasteiger partial charge in [0.2, 0.25) is 17.7 Å². The van der Waals surface area contributed by atoms with E-state index in [0.717, 1.165) is 5.56 Å². The number of nitrogens with one attached hydrogen (secondary N) is 3. The van der Waals surface area contributed by atoms with Gasteiger partial charge in [0.15, 0.2) is 0 Å². The third-order valence-electron chi connectivity index (χ3n) is 4.19. The van der Waals surface area contributed by atoms with E-state index in [1.165, 1.54) is 13.8 Å². The summed E-state index contributed by atoms with van der Waals surface area (Å²) < 4.78 is 0. The summed E-state index contributed by atoms with van der Waals surface area (Å²) in [5.41, 5.74) is 6.28. The summed E-state index contributed by atoms with van der Waals surface area (Å²) in [6.07, 6.45) is -1.29. The van der Waals surface area contributed by atoms with Gasteiger partial charge in [0.25, 0.3) is 0 Å². The van der Waals surface area contributed by atoms with Crippen LogP contribution in [-0.2, 0) is 25.6 Å². The molecule has 30 heavy (non-hydrogen) atoms.